The minimum atomic E-state index is -0.0993. The predicted octanol–water partition coefficient (Wildman–Crippen LogP) is 1.85. The van der Waals surface area contributed by atoms with E-state index in [0.29, 0.717) is 13.2 Å². The van der Waals surface area contributed by atoms with Crippen LogP contribution in [-0.4, -0.2) is 53.8 Å². The predicted molar refractivity (Wildman–Crippen MR) is 94.1 cm³/mol. The molecule has 3 rings (SSSR count). The fourth-order valence-corrected chi connectivity index (χ4v) is 2.93. The van der Waals surface area contributed by atoms with E-state index in [1.165, 1.54) is 0 Å². The molecule has 134 valence electrons. The molecular weight excluding hydrogens is 320 g/mol. The van der Waals surface area contributed by atoms with Crippen molar-refractivity contribution in [1.29, 1.82) is 0 Å². The molecule has 1 aromatic heterocycles. The summed E-state index contributed by atoms with van der Waals surface area (Å²) in [5.41, 5.74) is 1.05. The smallest absolute Gasteiger partial charge is 0.317 e. The van der Waals surface area contributed by atoms with Crippen LogP contribution < -0.4 is 14.8 Å². The molecule has 1 N–H and O–H groups in total. The molecule has 7 heteroatoms. The first-order valence-electron chi connectivity index (χ1n) is 8.36. The van der Waals surface area contributed by atoms with Gasteiger partial charge in [-0.25, -0.2) is 9.78 Å². The molecule has 0 saturated carbocycles. The largest absolute Gasteiger partial charge is 0.493 e. The van der Waals surface area contributed by atoms with Gasteiger partial charge >= 0.3 is 6.03 Å². The zero-order valence-corrected chi connectivity index (χ0v) is 14.9. The maximum atomic E-state index is 12.4. The Kier molecular flexibility index (Phi) is 5.11. The van der Waals surface area contributed by atoms with Crippen LogP contribution in [0, 0.1) is 6.92 Å². The number of nitrogens with zero attached hydrogens (tertiary/aromatic N) is 3. The third-order valence-corrected chi connectivity index (χ3v) is 4.45. The Morgan fingerprint density at radius 2 is 2.36 bits per heavy atom. The number of carbonyl (C=O) groups excluding carboxylic acids is 1. The highest BCUT2D eigenvalue weighted by atomic mass is 16.5. The minimum Gasteiger partial charge on any atom is -0.493 e. The molecule has 0 spiro atoms. The number of carbonyl (C=O) groups is 1. The number of amides is 2. The van der Waals surface area contributed by atoms with Gasteiger partial charge in [0.2, 0.25) is 0 Å². The number of urea groups is 1. The SMILES string of the molecule is COc1cccc2c1OCC(NC(=O)N(C)CCn1ccnc1C)C2. The van der Waals surface area contributed by atoms with Crippen molar-refractivity contribution in [2.75, 3.05) is 27.3 Å². The number of ether oxygens (including phenoxy) is 2. The van der Waals surface area contributed by atoms with E-state index in [4.69, 9.17) is 9.47 Å². The van der Waals surface area contributed by atoms with Crippen LogP contribution in [-0.2, 0) is 13.0 Å². The molecule has 0 fully saturated rings. The molecule has 0 bridgehead atoms. The molecule has 2 heterocycles. The summed E-state index contributed by atoms with van der Waals surface area (Å²) in [6.45, 7) is 3.72. The quantitative estimate of drug-likeness (QED) is 0.899. The molecule has 1 unspecified atom stereocenters. The van der Waals surface area contributed by atoms with Gasteiger partial charge in [-0.1, -0.05) is 12.1 Å². The topological polar surface area (TPSA) is 68.6 Å². The summed E-state index contributed by atoms with van der Waals surface area (Å²) < 4.78 is 13.1. The number of aromatic nitrogens is 2. The standard InChI is InChI=1S/C18H24N4O3/c1-13-19-7-8-22(13)10-9-21(2)18(23)20-15-11-14-5-4-6-16(24-3)17(14)25-12-15/h4-8,15H,9-12H2,1-3H3,(H,20,23). The zero-order valence-electron chi connectivity index (χ0n) is 14.9. The van der Waals surface area contributed by atoms with Crippen LogP contribution in [0.2, 0.25) is 0 Å². The zero-order chi connectivity index (χ0) is 17.8. The highest BCUT2D eigenvalue weighted by Crippen LogP contribution is 2.34. The van der Waals surface area contributed by atoms with Crippen molar-refractivity contribution in [2.45, 2.75) is 25.9 Å². The summed E-state index contributed by atoms with van der Waals surface area (Å²) in [6.07, 6.45) is 4.41. The van der Waals surface area contributed by atoms with Crippen LogP contribution in [0.4, 0.5) is 4.79 Å². The molecule has 7 nitrogen and oxygen atoms in total. The van der Waals surface area contributed by atoms with E-state index in [1.54, 1.807) is 25.3 Å². The molecule has 1 aromatic carbocycles. The first kappa shape index (κ1) is 17.1. The van der Waals surface area contributed by atoms with Crippen molar-refractivity contribution in [2.24, 2.45) is 0 Å². The lowest BCUT2D eigenvalue weighted by molar-refractivity contribution is 0.186. The Balaban J connectivity index is 1.53. The van der Waals surface area contributed by atoms with E-state index < -0.39 is 0 Å². The fourth-order valence-electron chi connectivity index (χ4n) is 2.93. The van der Waals surface area contributed by atoms with Crippen molar-refractivity contribution in [3.05, 3.63) is 42.0 Å². The number of aryl methyl sites for hydroxylation is 1. The number of imidazole rings is 1. The summed E-state index contributed by atoms with van der Waals surface area (Å²) >= 11 is 0. The molecule has 25 heavy (non-hydrogen) atoms. The van der Waals surface area contributed by atoms with E-state index in [2.05, 4.69) is 10.3 Å². The van der Waals surface area contributed by atoms with E-state index in [9.17, 15) is 4.79 Å². The Bertz CT molecular complexity index is 744. The van der Waals surface area contributed by atoms with Gasteiger partial charge in [-0.2, -0.15) is 0 Å². The lowest BCUT2D eigenvalue weighted by Gasteiger charge is -2.29. The number of hydrogen-bond donors (Lipinski definition) is 1. The number of nitrogens with one attached hydrogen (secondary N) is 1. The minimum absolute atomic E-state index is 0.0514. The lowest BCUT2D eigenvalue weighted by Crippen LogP contribution is -2.48. The van der Waals surface area contributed by atoms with Crippen molar-refractivity contribution in [1.82, 2.24) is 19.8 Å². The highest BCUT2D eigenvalue weighted by molar-refractivity contribution is 5.74. The maximum Gasteiger partial charge on any atom is 0.317 e. The highest BCUT2D eigenvalue weighted by Gasteiger charge is 2.24. The van der Waals surface area contributed by atoms with Crippen LogP contribution >= 0.6 is 0 Å². The Morgan fingerprint density at radius 1 is 1.52 bits per heavy atom. The normalized spacial score (nSPS) is 15.9. The maximum absolute atomic E-state index is 12.4. The van der Waals surface area contributed by atoms with E-state index in [-0.39, 0.29) is 12.1 Å². The molecule has 0 aliphatic carbocycles. The molecular formula is C18H24N4O3. The molecule has 2 amide bonds. The average Bonchev–Trinajstić information content (AvgIpc) is 3.03. The van der Waals surface area contributed by atoms with Crippen LogP contribution in [0.5, 0.6) is 11.5 Å². The lowest BCUT2D eigenvalue weighted by atomic mass is 10.0. The molecule has 1 aliphatic rings. The first-order valence-corrected chi connectivity index (χ1v) is 8.36. The third kappa shape index (κ3) is 3.87. The molecule has 0 saturated heterocycles. The van der Waals surface area contributed by atoms with Gasteiger partial charge in [0.15, 0.2) is 11.5 Å². The van der Waals surface area contributed by atoms with Crippen LogP contribution in [0.15, 0.2) is 30.6 Å². The second-order valence-corrected chi connectivity index (χ2v) is 6.20. The molecule has 2 aromatic rings. The van der Waals surface area contributed by atoms with Gasteiger partial charge in [0.25, 0.3) is 0 Å². The molecule has 0 radical (unpaired) electrons. The number of benzene rings is 1. The number of methoxy groups -OCH3 is 1. The van der Waals surface area contributed by atoms with Gasteiger partial charge in [-0.05, 0) is 19.4 Å². The molecule has 1 aliphatic heterocycles. The van der Waals surface area contributed by atoms with Gasteiger partial charge in [-0.3, -0.25) is 0 Å². The summed E-state index contributed by atoms with van der Waals surface area (Å²) in [4.78, 5) is 18.3. The van der Waals surface area contributed by atoms with Gasteiger partial charge in [0.05, 0.1) is 13.2 Å². The second-order valence-electron chi connectivity index (χ2n) is 6.20. The average molecular weight is 344 g/mol. The summed E-state index contributed by atoms with van der Waals surface area (Å²) in [5, 5.41) is 3.04. The van der Waals surface area contributed by atoms with Crippen LogP contribution in [0.3, 0.4) is 0 Å². The number of likely N-dealkylation sites (N-methyl/N-ethyl adjacent to an activating group) is 1. The Labute approximate surface area is 147 Å². The number of para-hydroxylation sites is 1. The first-order chi connectivity index (χ1) is 12.1. The van der Waals surface area contributed by atoms with E-state index in [1.807, 2.05) is 35.9 Å². The van der Waals surface area contributed by atoms with Crippen molar-refractivity contribution >= 4 is 6.03 Å². The molecule has 1 atom stereocenters. The second kappa shape index (κ2) is 7.46. The Hall–Kier alpha value is -2.70. The van der Waals surface area contributed by atoms with Gasteiger partial charge in [0, 0.05) is 38.1 Å². The summed E-state index contributed by atoms with van der Waals surface area (Å²) in [7, 11) is 3.42. The summed E-state index contributed by atoms with van der Waals surface area (Å²) in [6, 6.07) is 5.66. The number of rotatable bonds is 5. The van der Waals surface area contributed by atoms with Crippen molar-refractivity contribution in [3.8, 4) is 11.5 Å². The number of fused-ring (bicyclic) bond motifs is 1. The van der Waals surface area contributed by atoms with Gasteiger partial charge < -0.3 is 24.3 Å². The monoisotopic (exact) mass is 344 g/mol. The van der Waals surface area contributed by atoms with Gasteiger partial charge in [0.1, 0.15) is 12.4 Å². The van der Waals surface area contributed by atoms with Crippen molar-refractivity contribution in [3.63, 3.8) is 0 Å². The van der Waals surface area contributed by atoms with Crippen molar-refractivity contribution < 1.29 is 14.3 Å². The van der Waals surface area contributed by atoms with E-state index in [0.717, 1.165) is 35.9 Å². The number of hydrogen-bond acceptors (Lipinski definition) is 4. The fraction of sp³-hybridized carbons (Fsp3) is 0.444. The third-order valence-electron chi connectivity index (χ3n) is 4.45. The van der Waals surface area contributed by atoms with Crippen LogP contribution in [0.1, 0.15) is 11.4 Å². The van der Waals surface area contributed by atoms with Crippen LogP contribution in [0.25, 0.3) is 0 Å². The Morgan fingerprint density at radius 3 is 3.08 bits per heavy atom. The summed E-state index contributed by atoms with van der Waals surface area (Å²) in [5.74, 6) is 2.45. The van der Waals surface area contributed by atoms with Gasteiger partial charge in [-0.15, -0.1) is 0 Å². The van der Waals surface area contributed by atoms with E-state index >= 15 is 0 Å².